The minimum Gasteiger partial charge on any atom is -0.351 e. The molecule has 1 rings (SSSR count). The summed E-state index contributed by atoms with van der Waals surface area (Å²) in [4.78, 5) is 14.9. The molecule has 5 heteroatoms. The minimum atomic E-state index is -0.306. The highest BCUT2D eigenvalue weighted by atomic mass is 16.2. The minimum absolute atomic E-state index is 0.306. The third-order valence-corrected chi connectivity index (χ3v) is 2.81. The SMILES string of the molecule is CN(CCCN)C1CCN(C(N)=O)C1. The first-order chi connectivity index (χ1) is 6.65. The van der Waals surface area contributed by atoms with Crippen LogP contribution in [0.5, 0.6) is 0 Å². The molecule has 1 fully saturated rings. The van der Waals surface area contributed by atoms with Crippen LogP contribution in [0.3, 0.4) is 0 Å². The van der Waals surface area contributed by atoms with Gasteiger partial charge in [0.25, 0.3) is 0 Å². The summed E-state index contributed by atoms with van der Waals surface area (Å²) in [5.41, 5.74) is 10.6. The zero-order valence-corrected chi connectivity index (χ0v) is 8.78. The molecule has 82 valence electrons. The normalized spacial score (nSPS) is 21.9. The van der Waals surface area contributed by atoms with Crippen molar-refractivity contribution in [1.29, 1.82) is 0 Å². The van der Waals surface area contributed by atoms with Crippen molar-refractivity contribution in [3.05, 3.63) is 0 Å². The summed E-state index contributed by atoms with van der Waals surface area (Å²) in [6.45, 7) is 3.26. The van der Waals surface area contributed by atoms with E-state index in [-0.39, 0.29) is 6.03 Å². The fraction of sp³-hybridized carbons (Fsp3) is 0.889. The van der Waals surface area contributed by atoms with Gasteiger partial charge in [0, 0.05) is 19.1 Å². The highest BCUT2D eigenvalue weighted by Crippen LogP contribution is 2.13. The zero-order chi connectivity index (χ0) is 10.6. The molecule has 0 spiro atoms. The van der Waals surface area contributed by atoms with Gasteiger partial charge in [0.2, 0.25) is 0 Å². The van der Waals surface area contributed by atoms with E-state index in [4.69, 9.17) is 11.5 Å². The van der Waals surface area contributed by atoms with E-state index < -0.39 is 0 Å². The second-order valence-electron chi connectivity index (χ2n) is 3.85. The maximum Gasteiger partial charge on any atom is 0.314 e. The highest BCUT2D eigenvalue weighted by molar-refractivity contribution is 5.72. The number of hydrogen-bond donors (Lipinski definition) is 2. The van der Waals surface area contributed by atoms with Crippen LogP contribution in [0.25, 0.3) is 0 Å². The lowest BCUT2D eigenvalue weighted by Gasteiger charge is -2.23. The third kappa shape index (κ3) is 2.85. The van der Waals surface area contributed by atoms with Crippen LogP contribution in [0, 0.1) is 0 Å². The second kappa shape index (κ2) is 5.17. The number of carbonyl (C=O) groups is 1. The van der Waals surface area contributed by atoms with E-state index in [2.05, 4.69) is 11.9 Å². The van der Waals surface area contributed by atoms with Crippen molar-refractivity contribution in [2.24, 2.45) is 11.5 Å². The average Bonchev–Trinajstić information content (AvgIpc) is 2.62. The fourth-order valence-electron chi connectivity index (χ4n) is 1.83. The number of nitrogens with zero attached hydrogens (tertiary/aromatic N) is 2. The van der Waals surface area contributed by atoms with Gasteiger partial charge < -0.3 is 21.3 Å². The number of amides is 2. The van der Waals surface area contributed by atoms with Gasteiger partial charge in [-0.15, -0.1) is 0 Å². The summed E-state index contributed by atoms with van der Waals surface area (Å²) >= 11 is 0. The number of urea groups is 1. The van der Waals surface area contributed by atoms with Crippen LogP contribution in [0.1, 0.15) is 12.8 Å². The van der Waals surface area contributed by atoms with Crippen molar-refractivity contribution in [3.8, 4) is 0 Å². The van der Waals surface area contributed by atoms with Gasteiger partial charge in [-0.2, -0.15) is 0 Å². The Labute approximate surface area is 85.0 Å². The molecule has 14 heavy (non-hydrogen) atoms. The molecule has 0 saturated carbocycles. The van der Waals surface area contributed by atoms with Crippen molar-refractivity contribution >= 4 is 6.03 Å². The van der Waals surface area contributed by atoms with E-state index >= 15 is 0 Å². The first-order valence-corrected chi connectivity index (χ1v) is 5.10. The first kappa shape index (κ1) is 11.3. The first-order valence-electron chi connectivity index (χ1n) is 5.10. The highest BCUT2D eigenvalue weighted by Gasteiger charge is 2.26. The maximum atomic E-state index is 10.9. The molecule has 0 radical (unpaired) electrons. The van der Waals surface area contributed by atoms with E-state index in [1.54, 1.807) is 4.90 Å². The summed E-state index contributed by atoms with van der Waals surface area (Å²) < 4.78 is 0. The van der Waals surface area contributed by atoms with Gasteiger partial charge >= 0.3 is 6.03 Å². The molecule has 0 bridgehead atoms. The number of likely N-dealkylation sites (N-methyl/N-ethyl adjacent to an activating group) is 1. The van der Waals surface area contributed by atoms with E-state index in [0.717, 1.165) is 39.0 Å². The van der Waals surface area contributed by atoms with Gasteiger partial charge in [-0.25, -0.2) is 4.79 Å². The number of nitrogens with two attached hydrogens (primary N) is 2. The van der Waals surface area contributed by atoms with Crippen molar-refractivity contribution in [2.75, 3.05) is 33.2 Å². The van der Waals surface area contributed by atoms with Crippen LogP contribution < -0.4 is 11.5 Å². The van der Waals surface area contributed by atoms with Crippen LogP contribution in [0.15, 0.2) is 0 Å². The fourth-order valence-corrected chi connectivity index (χ4v) is 1.83. The lowest BCUT2D eigenvalue weighted by molar-refractivity contribution is 0.207. The van der Waals surface area contributed by atoms with Gasteiger partial charge in [0.05, 0.1) is 0 Å². The van der Waals surface area contributed by atoms with E-state index in [1.165, 1.54) is 0 Å². The molecule has 0 aromatic carbocycles. The maximum absolute atomic E-state index is 10.9. The lowest BCUT2D eigenvalue weighted by Crippen LogP contribution is -2.39. The topological polar surface area (TPSA) is 75.6 Å². The molecular weight excluding hydrogens is 180 g/mol. The van der Waals surface area contributed by atoms with E-state index in [1.807, 2.05) is 0 Å². The molecule has 1 aliphatic rings. The number of hydrogen-bond acceptors (Lipinski definition) is 3. The Morgan fingerprint density at radius 3 is 2.86 bits per heavy atom. The largest absolute Gasteiger partial charge is 0.351 e. The Morgan fingerprint density at radius 1 is 1.64 bits per heavy atom. The molecule has 1 atom stereocenters. The Bertz CT molecular complexity index is 197. The summed E-state index contributed by atoms with van der Waals surface area (Å²) in [6, 6.07) is 0.147. The van der Waals surface area contributed by atoms with Crippen LogP contribution in [0.2, 0.25) is 0 Å². The van der Waals surface area contributed by atoms with Crippen LogP contribution in [-0.2, 0) is 0 Å². The van der Waals surface area contributed by atoms with Crippen LogP contribution in [-0.4, -0.2) is 55.1 Å². The summed E-state index contributed by atoms with van der Waals surface area (Å²) in [7, 11) is 2.07. The zero-order valence-electron chi connectivity index (χ0n) is 8.78. The van der Waals surface area contributed by atoms with E-state index in [9.17, 15) is 4.79 Å². The number of carbonyl (C=O) groups excluding carboxylic acids is 1. The van der Waals surface area contributed by atoms with Gasteiger partial charge in [0.1, 0.15) is 0 Å². The standard InChI is InChI=1S/C9H20N4O/c1-12(5-2-4-10)8-3-6-13(7-8)9(11)14/h8H,2-7,10H2,1H3,(H2,11,14). The number of rotatable bonds is 4. The Hall–Kier alpha value is -0.810. The molecule has 1 heterocycles. The quantitative estimate of drug-likeness (QED) is 0.637. The van der Waals surface area contributed by atoms with E-state index in [0.29, 0.717) is 6.04 Å². The molecule has 2 amide bonds. The average molecular weight is 200 g/mol. The summed E-state index contributed by atoms with van der Waals surface area (Å²) in [5, 5.41) is 0. The lowest BCUT2D eigenvalue weighted by atomic mass is 10.2. The Morgan fingerprint density at radius 2 is 2.36 bits per heavy atom. The molecule has 4 N–H and O–H groups in total. The molecule has 5 nitrogen and oxygen atoms in total. The van der Waals surface area contributed by atoms with Gasteiger partial charge in [0.15, 0.2) is 0 Å². The van der Waals surface area contributed by atoms with Crippen molar-refractivity contribution in [3.63, 3.8) is 0 Å². The van der Waals surface area contributed by atoms with Crippen molar-refractivity contribution in [1.82, 2.24) is 9.80 Å². The van der Waals surface area contributed by atoms with Gasteiger partial charge in [-0.1, -0.05) is 0 Å². The molecule has 0 aliphatic carbocycles. The number of likely N-dealkylation sites (tertiary alicyclic amines) is 1. The smallest absolute Gasteiger partial charge is 0.314 e. The molecular formula is C9H20N4O. The third-order valence-electron chi connectivity index (χ3n) is 2.81. The summed E-state index contributed by atoms with van der Waals surface area (Å²) in [6.07, 6.45) is 2.02. The monoisotopic (exact) mass is 200 g/mol. The van der Waals surface area contributed by atoms with Gasteiger partial charge in [-0.05, 0) is 33.0 Å². The predicted octanol–water partition coefficient (Wildman–Crippen LogP) is -0.580. The molecule has 1 unspecified atom stereocenters. The van der Waals surface area contributed by atoms with Crippen LogP contribution >= 0.6 is 0 Å². The predicted molar refractivity (Wildman–Crippen MR) is 55.9 cm³/mol. The summed E-state index contributed by atoms with van der Waals surface area (Å²) in [5.74, 6) is 0. The van der Waals surface area contributed by atoms with Crippen molar-refractivity contribution < 1.29 is 4.79 Å². The van der Waals surface area contributed by atoms with Gasteiger partial charge in [-0.3, -0.25) is 0 Å². The Balaban J connectivity index is 2.30. The molecule has 1 saturated heterocycles. The molecule has 1 aliphatic heterocycles. The Kier molecular flexibility index (Phi) is 4.16. The van der Waals surface area contributed by atoms with Crippen molar-refractivity contribution in [2.45, 2.75) is 18.9 Å². The molecule has 0 aromatic heterocycles. The second-order valence-corrected chi connectivity index (χ2v) is 3.85. The number of primary amides is 1. The molecule has 0 aromatic rings. The van der Waals surface area contributed by atoms with Crippen LogP contribution in [0.4, 0.5) is 4.79 Å².